The zero-order chi connectivity index (χ0) is 19.0. The van der Waals surface area contributed by atoms with Gasteiger partial charge in [-0.3, -0.25) is 4.79 Å². The van der Waals surface area contributed by atoms with Crippen molar-refractivity contribution in [3.63, 3.8) is 0 Å². The first-order valence-corrected chi connectivity index (χ1v) is 8.96. The van der Waals surface area contributed by atoms with Crippen LogP contribution in [-0.2, 0) is 11.2 Å². The third-order valence-corrected chi connectivity index (χ3v) is 4.93. The zero-order valence-corrected chi connectivity index (χ0v) is 15.7. The van der Waals surface area contributed by atoms with Gasteiger partial charge in [-0.05, 0) is 62.5 Å². The number of nitrogens with one attached hydrogen (secondary N) is 1. The molecule has 5 nitrogen and oxygen atoms in total. The summed E-state index contributed by atoms with van der Waals surface area (Å²) < 4.78 is 0. The highest BCUT2D eigenvalue weighted by Crippen LogP contribution is 2.29. The fourth-order valence-corrected chi connectivity index (χ4v) is 3.43. The van der Waals surface area contributed by atoms with Gasteiger partial charge in [-0.2, -0.15) is 0 Å². The quantitative estimate of drug-likeness (QED) is 0.752. The maximum absolute atomic E-state index is 12.2. The molecule has 1 aliphatic rings. The summed E-state index contributed by atoms with van der Waals surface area (Å²) in [5, 5.41) is 17.2. The molecule has 25 heavy (non-hydrogen) atoms. The second-order valence-corrected chi connectivity index (χ2v) is 7.31. The van der Waals surface area contributed by atoms with E-state index in [4.69, 9.17) is 15.0 Å². The van der Waals surface area contributed by atoms with Crippen molar-refractivity contribution in [1.82, 2.24) is 5.32 Å². The Labute approximate surface area is 150 Å². The molecule has 0 spiro atoms. The van der Waals surface area contributed by atoms with Crippen LogP contribution in [0, 0.1) is 25.7 Å². The van der Waals surface area contributed by atoms with Gasteiger partial charge in [0.2, 0.25) is 5.91 Å². The van der Waals surface area contributed by atoms with Crippen molar-refractivity contribution in [2.45, 2.75) is 65.8 Å². The van der Waals surface area contributed by atoms with Crippen LogP contribution in [0.25, 0.3) is 0 Å². The van der Waals surface area contributed by atoms with Crippen molar-refractivity contribution < 1.29 is 19.8 Å². The van der Waals surface area contributed by atoms with Gasteiger partial charge in [0.25, 0.3) is 0 Å². The average Bonchev–Trinajstić information content (AvgIpc) is 2.50. The number of carbonyl (C=O) groups excluding carboxylic acids is 1. The summed E-state index contributed by atoms with van der Waals surface area (Å²) in [5.41, 5.74) is 3.62. The van der Waals surface area contributed by atoms with Gasteiger partial charge in [0.15, 0.2) is 0 Å². The van der Waals surface area contributed by atoms with Crippen molar-refractivity contribution >= 4 is 12.1 Å². The molecule has 1 saturated carbocycles. The van der Waals surface area contributed by atoms with Crippen LogP contribution in [0.3, 0.4) is 0 Å². The molecule has 1 fully saturated rings. The van der Waals surface area contributed by atoms with Gasteiger partial charge in [0, 0.05) is 6.04 Å². The second kappa shape index (κ2) is 10.1. The van der Waals surface area contributed by atoms with Gasteiger partial charge >= 0.3 is 6.16 Å². The standard InChI is InChI=1S/C19H29NO.CH2O3/c1-13(2)16-7-9-18(10-8-16)20-19(21)12-17-6-5-14(3)11-15(17)4;2-1(3)4/h5-6,11,13,16,18H,7-10,12H2,1-4H3,(H,20,21);(H2,2,3,4). The van der Waals surface area contributed by atoms with Crippen molar-refractivity contribution in [3.8, 4) is 0 Å². The zero-order valence-electron chi connectivity index (χ0n) is 15.7. The lowest BCUT2D eigenvalue weighted by Crippen LogP contribution is -2.39. The summed E-state index contributed by atoms with van der Waals surface area (Å²) in [6.07, 6.45) is 3.47. The number of aryl methyl sites for hydroxylation is 2. The Morgan fingerprint density at radius 2 is 1.68 bits per heavy atom. The van der Waals surface area contributed by atoms with Gasteiger partial charge in [-0.15, -0.1) is 0 Å². The van der Waals surface area contributed by atoms with E-state index in [-0.39, 0.29) is 5.91 Å². The minimum Gasteiger partial charge on any atom is -0.450 e. The molecule has 1 amide bonds. The first kappa shape index (κ1) is 21.0. The Kier molecular flexibility index (Phi) is 8.46. The third kappa shape index (κ3) is 8.05. The molecule has 140 valence electrons. The SMILES string of the molecule is Cc1ccc(CC(=O)NC2CCC(C(C)C)CC2)c(C)c1.O=C(O)O. The number of hydrogen-bond acceptors (Lipinski definition) is 2. The molecule has 0 radical (unpaired) electrons. The van der Waals surface area contributed by atoms with Gasteiger partial charge in [-0.1, -0.05) is 37.6 Å². The summed E-state index contributed by atoms with van der Waals surface area (Å²) in [6.45, 7) is 8.79. The summed E-state index contributed by atoms with van der Waals surface area (Å²) in [6, 6.07) is 6.71. The number of benzene rings is 1. The summed E-state index contributed by atoms with van der Waals surface area (Å²) >= 11 is 0. The van der Waals surface area contributed by atoms with Gasteiger partial charge in [0.05, 0.1) is 6.42 Å². The number of carbonyl (C=O) groups is 2. The van der Waals surface area contributed by atoms with Crippen molar-refractivity contribution in [2.24, 2.45) is 11.8 Å². The smallest absolute Gasteiger partial charge is 0.450 e. The molecular formula is C20H31NO4. The van der Waals surface area contributed by atoms with E-state index in [1.54, 1.807) is 0 Å². The van der Waals surface area contributed by atoms with Gasteiger partial charge in [0.1, 0.15) is 0 Å². The van der Waals surface area contributed by atoms with Gasteiger partial charge < -0.3 is 15.5 Å². The van der Waals surface area contributed by atoms with Gasteiger partial charge in [-0.25, -0.2) is 4.79 Å². The molecule has 0 aromatic heterocycles. The Hall–Kier alpha value is -2.04. The Morgan fingerprint density at radius 1 is 1.12 bits per heavy atom. The number of rotatable bonds is 4. The molecule has 0 saturated heterocycles. The third-order valence-electron chi connectivity index (χ3n) is 4.93. The number of carboxylic acid groups (broad SMARTS) is 2. The molecule has 3 N–H and O–H groups in total. The van der Waals surface area contributed by atoms with Crippen LogP contribution in [0.2, 0.25) is 0 Å². The highest BCUT2D eigenvalue weighted by atomic mass is 16.6. The van der Waals surface area contributed by atoms with E-state index in [1.165, 1.54) is 24.0 Å². The van der Waals surface area contributed by atoms with E-state index in [2.05, 4.69) is 51.2 Å². The van der Waals surface area contributed by atoms with Crippen molar-refractivity contribution in [2.75, 3.05) is 0 Å². The lowest BCUT2D eigenvalue weighted by atomic mass is 9.79. The van der Waals surface area contributed by atoms with Crippen LogP contribution in [0.5, 0.6) is 0 Å². The molecule has 0 unspecified atom stereocenters. The summed E-state index contributed by atoms with van der Waals surface area (Å²) in [4.78, 5) is 20.8. The van der Waals surface area contributed by atoms with Crippen molar-refractivity contribution in [1.29, 1.82) is 0 Å². The Bertz CT molecular complexity index is 571. The van der Waals surface area contributed by atoms with E-state index < -0.39 is 6.16 Å². The largest absolute Gasteiger partial charge is 0.503 e. The molecule has 1 aliphatic carbocycles. The average molecular weight is 349 g/mol. The Balaban J connectivity index is 0.000000705. The lowest BCUT2D eigenvalue weighted by molar-refractivity contribution is -0.121. The molecular weight excluding hydrogens is 318 g/mol. The summed E-state index contributed by atoms with van der Waals surface area (Å²) in [7, 11) is 0. The van der Waals surface area contributed by atoms with Crippen LogP contribution < -0.4 is 5.32 Å². The lowest BCUT2D eigenvalue weighted by Gasteiger charge is -2.31. The monoisotopic (exact) mass is 349 g/mol. The predicted octanol–water partition coefficient (Wildman–Crippen LogP) is 4.40. The fraction of sp³-hybridized carbons (Fsp3) is 0.600. The van der Waals surface area contributed by atoms with Crippen molar-refractivity contribution in [3.05, 3.63) is 34.9 Å². The van der Waals surface area contributed by atoms with E-state index in [9.17, 15) is 4.79 Å². The molecule has 0 bridgehead atoms. The van der Waals surface area contributed by atoms with Crippen LogP contribution in [-0.4, -0.2) is 28.3 Å². The first-order valence-electron chi connectivity index (χ1n) is 8.96. The highest BCUT2D eigenvalue weighted by molar-refractivity contribution is 5.79. The molecule has 0 heterocycles. The molecule has 0 aliphatic heterocycles. The minimum absolute atomic E-state index is 0.176. The topological polar surface area (TPSA) is 86.6 Å². The molecule has 1 aromatic carbocycles. The van der Waals surface area contributed by atoms with Crippen LogP contribution in [0.1, 0.15) is 56.2 Å². The van der Waals surface area contributed by atoms with E-state index in [0.717, 1.165) is 30.2 Å². The normalized spacial score (nSPS) is 19.7. The molecule has 1 aromatic rings. The molecule has 5 heteroatoms. The van der Waals surface area contributed by atoms with Crippen LogP contribution >= 0.6 is 0 Å². The predicted molar refractivity (Wildman–Crippen MR) is 99.0 cm³/mol. The molecule has 2 rings (SSSR count). The highest BCUT2D eigenvalue weighted by Gasteiger charge is 2.24. The van der Waals surface area contributed by atoms with E-state index >= 15 is 0 Å². The maximum atomic E-state index is 12.2. The maximum Gasteiger partial charge on any atom is 0.503 e. The Morgan fingerprint density at radius 3 is 2.16 bits per heavy atom. The number of amides is 1. The fourth-order valence-electron chi connectivity index (χ4n) is 3.43. The second-order valence-electron chi connectivity index (χ2n) is 7.31. The summed E-state index contributed by atoms with van der Waals surface area (Å²) in [5.74, 6) is 1.80. The first-order chi connectivity index (χ1) is 11.7. The number of hydrogen-bond donors (Lipinski definition) is 3. The van der Waals surface area contributed by atoms with Crippen LogP contribution in [0.15, 0.2) is 18.2 Å². The van der Waals surface area contributed by atoms with Crippen LogP contribution in [0.4, 0.5) is 4.79 Å². The van der Waals surface area contributed by atoms with E-state index in [1.807, 2.05) is 0 Å². The molecule has 0 atom stereocenters. The minimum atomic E-state index is -1.83. The van der Waals surface area contributed by atoms with E-state index in [0.29, 0.717) is 12.5 Å².